The highest BCUT2D eigenvalue weighted by molar-refractivity contribution is 5.81. The second kappa shape index (κ2) is 9.92. The quantitative estimate of drug-likeness (QED) is 0.592. The third-order valence-corrected chi connectivity index (χ3v) is 4.87. The fraction of sp³-hybridized carbons (Fsp3) is 0.476. The molecule has 1 fully saturated rings. The molecule has 0 aliphatic carbocycles. The van der Waals surface area contributed by atoms with Gasteiger partial charge in [-0.1, -0.05) is 25.1 Å². The van der Waals surface area contributed by atoms with Crippen LogP contribution in [0, 0.1) is 5.92 Å². The van der Waals surface area contributed by atoms with Crippen LogP contribution >= 0.6 is 0 Å². The zero-order valence-electron chi connectivity index (χ0n) is 16.6. The molecule has 3 rings (SSSR count). The van der Waals surface area contributed by atoms with Gasteiger partial charge in [-0.05, 0) is 30.9 Å². The van der Waals surface area contributed by atoms with Crippen molar-refractivity contribution in [3.8, 4) is 11.5 Å². The third kappa shape index (κ3) is 5.58. The summed E-state index contributed by atoms with van der Waals surface area (Å²) in [6, 6.07) is 9.79. The van der Waals surface area contributed by atoms with Crippen LogP contribution in [0.4, 0.5) is 0 Å². The lowest BCUT2D eigenvalue weighted by Crippen LogP contribution is -2.42. The van der Waals surface area contributed by atoms with Crippen LogP contribution in [0.3, 0.4) is 0 Å². The highest BCUT2D eigenvalue weighted by Gasteiger charge is 2.20. The van der Waals surface area contributed by atoms with Gasteiger partial charge in [-0.3, -0.25) is 9.79 Å². The lowest BCUT2D eigenvalue weighted by molar-refractivity contribution is -0.132. The van der Waals surface area contributed by atoms with Gasteiger partial charge in [-0.2, -0.15) is 0 Å². The maximum Gasteiger partial charge on any atom is 0.226 e. The van der Waals surface area contributed by atoms with Crippen LogP contribution in [-0.4, -0.2) is 48.4 Å². The number of likely N-dealkylation sites (tertiary alicyclic amines) is 1. The second-order valence-electron chi connectivity index (χ2n) is 7.20. The van der Waals surface area contributed by atoms with Gasteiger partial charge < -0.3 is 20.0 Å². The van der Waals surface area contributed by atoms with Crippen LogP contribution < -0.4 is 10.6 Å². The van der Waals surface area contributed by atoms with E-state index >= 15 is 0 Å². The molecule has 150 valence electrons. The number of aromatic nitrogens is 1. The van der Waals surface area contributed by atoms with Crippen LogP contribution in [0.15, 0.2) is 46.0 Å². The Bertz CT molecular complexity index is 787. The van der Waals surface area contributed by atoms with Crippen LogP contribution in [0.1, 0.15) is 31.9 Å². The van der Waals surface area contributed by atoms with Crippen molar-refractivity contribution in [3.05, 3.63) is 42.3 Å². The first-order valence-corrected chi connectivity index (χ1v) is 9.88. The minimum absolute atomic E-state index is 0.207. The summed E-state index contributed by atoms with van der Waals surface area (Å²) in [6.45, 7) is 5.01. The molecular formula is C21H29N5O2. The van der Waals surface area contributed by atoms with E-state index in [1.165, 1.54) is 6.42 Å². The van der Waals surface area contributed by atoms with Crippen molar-refractivity contribution >= 4 is 11.9 Å². The maximum atomic E-state index is 12.3. The van der Waals surface area contributed by atoms with E-state index in [9.17, 15) is 4.79 Å². The topological polar surface area (TPSA) is 82.8 Å². The highest BCUT2D eigenvalue weighted by Crippen LogP contribution is 2.18. The van der Waals surface area contributed by atoms with Crippen LogP contribution in [0.5, 0.6) is 0 Å². The molecule has 0 spiro atoms. The molecule has 1 aromatic heterocycles. The molecule has 1 aliphatic rings. The number of rotatable bonds is 6. The lowest BCUT2D eigenvalue weighted by atomic mass is 10.00. The normalized spacial score (nSPS) is 17.4. The molecule has 0 bridgehead atoms. The molecule has 0 saturated carbocycles. The first-order chi connectivity index (χ1) is 13.7. The number of carbonyl (C=O) groups is 1. The fourth-order valence-corrected chi connectivity index (χ4v) is 3.36. The molecule has 1 aliphatic heterocycles. The number of aliphatic imine (C=N–C) groups is 1. The van der Waals surface area contributed by atoms with Crippen molar-refractivity contribution < 1.29 is 9.21 Å². The predicted octanol–water partition coefficient (Wildman–Crippen LogP) is 2.66. The van der Waals surface area contributed by atoms with Gasteiger partial charge in [0.05, 0.1) is 12.2 Å². The third-order valence-electron chi connectivity index (χ3n) is 4.87. The smallest absolute Gasteiger partial charge is 0.226 e. The minimum atomic E-state index is 0.207. The van der Waals surface area contributed by atoms with E-state index in [4.69, 9.17) is 4.42 Å². The molecule has 1 unspecified atom stereocenters. The van der Waals surface area contributed by atoms with E-state index in [-0.39, 0.29) is 5.91 Å². The molecule has 28 heavy (non-hydrogen) atoms. The van der Waals surface area contributed by atoms with Gasteiger partial charge >= 0.3 is 0 Å². The molecule has 1 atom stereocenters. The van der Waals surface area contributed by atoms with Gasteiger partial charge in [0.1, 0.15) is 6.26 Å². The monoisotopic (exact) mass is 383 g/mol. The van der Waals surface area contributed by atoms with Gasteiger partial charge in [0, 0.05) is 38.7 Å². The summed E-state index contributed by atoms with van der Waals surface area (Å²) < 4.78 is 5.54. The summed E-state index contributed by atoms with van der Waals surface area (Å²) in [5.41, 5.74) is 1.74. The summed E-state index contributed by atoms with van der Waals surface area (Å²) in [4.78, 5) is 23.0. The summed E-state index contributed by atoms with van der Waals surface area (Å²) in [7, 11) is 1.71. The summed E-state index contributed by atoms with van der Waals surface area (Å²) in [6.07, 6.45) is 4.43. The summed E-state index contributed by atoms with van der Waals surface area (Å²) in [5.74, 6) is 2.05. The number of oxazole rings is 1. The van der Waals surface area contributed by atoms with Gasteiger partial charge in [-0.15, -0.1) is 0 Å². The van der Waals surface area contributed by atoms with Crippen molar-refractivity contribution in [2.45, 2.75) is 32.7 Å². The van der Waals surface area contributed by atoms with E-state index in [0.717, 1.165) is 30.8 Å². The number of benzene rings is 1. The number of nitrogens with one attached hydrogen (secondary N) is 2. The van der Waals surface area contributed by atoms with Crippen molar-refractivity contribution in [1.82, 2.24) is 20.5 Å². The second-order valence-corrected chi connectivity index (χ2v) is 7.20. The number of piperidine rings is 1. The molecule has 2 aromatic rings. The summed E-state index contributed by atoms with van der Waals surface area (Å²) in [5, 5.41) is 6.39. The van der Waals surface area contributed by atoms with E-state index in [1.807, 2.05) is 35.2 Å². The van der Waals surface area contributed by atoms with Gasteiger partial charge in [0.25, 0.3) is 0 Å². The molecule has 1 saturated heterocycles. The number of hydrogen-bond donors (Lipinski definition) is 2. The number of hydrogen-bond acceptors (Lipinski definition) is 4. The molecule has 7 nitrogen and oxygen atoms in total. The first-order valence-electron chi connectivity index (χ1n) is 9.88. The molecule has 7 heteroatoms. The van der Waals surface area contributed by atoms with E-state index in [1.54, 1.807) is 13.3 Å². The van der Waals surface area contributed by atoms with Crippen molar-refractivity contribution in [2.75, 3.05) is 26.7 Å². The molecule has 0 radical (unpaired) electrons. The summed E-state index contributed by atoms with van der Waals surface area (Å²) >= 11 is 0. The Balaban J connectivity index is 1.41. The van der Waals surface area contributed by atoms with Crippen LogP contribution in [-0.2, 0) is 11.3 Å². The number of amides is 1. The van der Waals surface area contributed by atoms with Crippen molar-refractivity contribution in [1.29, 1.82) is 0 Å². The van der Waals surface area contributed by atoms with E-state index in [2.05, 4.69) is 27.5 Å². The van der Waals surface area contributed by atoms with Crippen LogP contribution in [0.2, 0.25) is 0 Å². The molecule has 1 amide bonds. The standard InChI is InChI=1S/C21H29N5O2/c1-16-7-6-12-26(14-16)19(27)10-11-23-21(22-2)24-13-18-15-28-20(25-18)17-8-4-3-5-9-17/h3-5,8-9,15-16H,6-7,10-14H2,1-2H3,(H2,22,23,24). The highest BCUT2D eigenvalue weighted by atomic mass is 16.3. The van der Waals surface area contributed by atoms with Gasteiger partial charge in [-0.25, -0.2) is 4.98 Å². The Morgan fingerprint density at radius 2 is 2.14 bits per heavy atom. The van der Waals surface area contributed by atoms with E-state index < -0.39 is 0 Å². The zero-order chi connectivity index (χ0) is 19.8. The maximum absolute atomic E-state index is 12.3. The fourth-order valence-electron chi connectivity index (χ4n) is 3.36. The Morgan fingerprint density at radius 3 is 2.89 bits per heavy atom. The van der Waals surface area contributed by atoms with Crippen molar-refractivity contribution in [3.63, 3.8) is 0 Å². The zero-order valence-corrected chi connectivity index (χ0v) is 16.6. The number of guanidine groups is 1. The Morgan fingerprint density at radius 1 is 1.32 bits per heavy atom. The Hall–Kier alpha value is -2.83. The molecular weight excluding hydrogens is 354 g/mol. The molecule has 2 N–H and O–H groups in total. The molecule has 1 aromatic carbocycles. The largest absolute Gasteiger partial charge is 0.444 e. The van der Waals surface area contributed by atoms with Crippen molar-refractivity contribution in [2.24, 2.45) is 10.9 Å². The van der Waals surface area contributed by atoms with Gasteiger partial charge in [0.2, 0.25) is 11.8 Å². The SMILES string of the molecule is CN=C(NCCC(=O)N1CCCC(C)C1)NCc1coc(-c2ccccc2)n1. The average molecular weight is 383 g/mol. The number of carbonyl (C=O) groups excluding carboxylic acids is 1. The molecule has 2 heterocycles. The minimum Gasteiger partial charge on any atom is -0.444 e. The lowest BCUT2D eigenvalue weighted by Gasteiger charge is -2.31. The predicted molar refractivity (Wildman–Crippen MR) is 110 cm³/mol. The first kappa shape index (κ1) is 19.9. The van der Waals surface area contributed by atoms with E-state index in [0.29, 0.717) is 37.3 Å². The number of nitrogens with zero attached hydrogens (tertiary/aromatic N) is 3. The van der Waals surface area contributed by atoms with Crippen LogP contribution in [0.25, 0.3) is 11.5 Å². The Labute approximate surface area is 166 Å². The average Bonchev–Trinajstić information content (AvgIpc) is 3.20. The van der Waals surface area contributed by atoms with Gasteiger partial charge in [0.15, 0.2) is 5.96 Å². The Kier molecular flexibility index (Phi) is 7.06.